The average Bonchev–Trinajstić information content (AvgIpc) is 3.27. The van der Waals surface area contributed by atoms with Crippen molar-refractivity contribution in [2.24, 2.45) is 0 Å². The van der Waals surface area contributed by atoms with Crippen LogP contribution < -0.4 is 22.8 Å². The van der Waals surface area contributed by atoms with Gasteiger partial charge in [0, 0.05) is 12.4 Å². The van der Waals surface area contributed by atoms with Gasteiger partial charge in [-0.05, 0) is 12.1 Å². The molecule has 4 rings (SSSR count). The number of nitrogens with two attached hydrogens (primary N) is 2. The molecule has 0 aliphatic carbocycles. The summed E-state index contributed by atoms with van der Waals surface area (Å²) < 4.78 is 34.6. The van der Waals surface area contributed by atoms with Crippen molar-refractivity contribution in [2.75, 3.05) is 24.7 Å². The summed E-state index contributed by atoms with van der Waals surface area (Å²) >= 11 is 0. The monoisotopic (exact) mass is 548 g/mol. The van der Waals surface area contributed by atoms with E-state index in [4.69, 9.17) is 30.0 Å². The Bertz CT molecular complexity index is 1200. The van der Waals surface area contributed by atoms with E-state index in [0.717, 1.165) is 9.13 Å². The van der Waals surface area contributed by atoms with Crippen molar-refractivity contribution in [1.82, 2.24) is 19.1 Å². The van der Waals surface area contributed by atoms with E-state index in [0.29, 0.717) is 0 Å². The molecule has 0 spiro atoms. The molecule has 19 heteroatoms. The Kier molecular flexibility index (Phi) is 7.77. The summed E-state index contributed by atoms with van der Waals surface area (Å²) in [6.45, 7) is -1.49. The second-order valence-corrected chi connectivity index (χ2v) is 9.69. The standard InChI is InChI=1S/C18H25N6O12P/c19-9-1-3-23(17(29)21-9)15-13(27)11(25)7(35-15)5-33-37(31,32)34-6-8-12(26)14(28)16(36-8)24-4-2-10(20)22-18(24)30/h1-4,7-8,11-16,25-28H,5-6H2,(H,31,32)(H2,19,21,29)(H2,20,22,30)/t7-,8-,11-,12-,13-,14+,15-,16-/m1/s1. The average molecular weight is 548 g/mol. The molecule has 9 atom stereocenters. The zero-order valence-corrected chi connectivity index (χ0v) is 19.7. The van der Waals surface area contributed by atoms with Crippen molar-refractivity contribution in [3.05, 3.63) is 45.5 Å². The first-order valence-electron chi connectivity index (χ1n) is 10.7. The first kappa shape index (κ1) is 27.3. The molecular weight excluding hydrogens is 523 g/mol. The lowest BCUT2D eigenvalue weighted by Gasteiger charge is -2.20. The minimum atomic E-state index is -4.85. The summed E-state index contributed by atoms with van der Waals surface area (Å²) in [5, 5.41) is 40.9. The van der Waals surface area contributed by atoms with Gasteiger partial charge in [0.2, 0.25) is 0 Å². The van der Waals surface area contributed by atoms with Crippen LogP contribution in [0.2, 0.25) is 0 Å². The van der Waals surface area contributed by atoms with E-state index in [1.807, 2.05) is 0 Å². The number of anilines is 2. The number of aliphatic hydroxyl groups is 4. The maximum atomic E-state index is 12.3. The zero-order chi connectivity index (χ0) is 27.1. The van der Waals surface area contributed by atoms with Gasteiger partial charge in [0.15, 0.2) is 12.5 Å². The Hall–Kier alpha value is -2.77. The lowest BCUT2D eigenvalue weighted by molar-refractivity contribution is -0.0640. The van der Waals surface area contributed by atoms with Crippen LogP contribution in [0.25, 0.3) is 0 Å². The van der Waals surface area contributed by atoms with Crippen molar-refractivity contribution in [2.45, 2.75) is 49.1 Å². The number of aliphatic hydroxyl groups excluding tert-OH is 4. The summed E-state index contributed by atoms with van der Waals surface area (Å²) in [7, 11) is -4.85. The van der Waals surface area contributed by atoms with Gasteiger partial charge in [0.1, 0.15) is 48.3 Å². The van der Waals surface area contributed by atoms with Gasteiger partial charge >= 0.3 is 19.2 Å². The number of phosphoric ester groups is 1. The van der Waals surface area contributed by atoms with Gasteiger partial charge in [-0.2, -0.15) is 9.97 Å². The molecule has 2 aromatic heterocycles. The second-order valence-electron chi connectivity index (χ2n) is 8.24. The topological polar surface area (TPSA) is 277 Å². The molecule has 2 aliphatic heterocycles. The first-order chi connectivity index (χ1) is 17.4. The Balaban J connectivity index is 1.33. The van der Waals surface area contributed by atoms with E-state index in [-0.39, 0.29) is 11.6 Å². The zero-order valence-electron chi connectivity index (χ0n) is 18.8. The first-order valence-corrected chi connectivity index (χ1v) is 12.2. The maximum absolute atomic E-state index is 12.3. The molecule has 37 heavy (non-hydrogen) atoms. The van der Waals surface area contributed by atoms with Crippen LogP contribution >= 0.6 is 7.82 Å². The molecule has 0 amide bonds. The minimum Gasteiger partial charge on any atom is -0.387 e. The predicted octanol–water partition coefficient (Wildman–Crippen LogP) is -3.96. The SMILES string of the molecule is Nc1ccn([C@@H]2O[C@H](COP(=O)(O)OC[C@H]3O[C@@H](n4ccc(N)nc4=O)[C@@H](O)[C@@H]3O)[C@@H](O)[C@H]2O)c(=O)n1. The summed E-state index contributed by atoms with van der Waals surface area (Å²) in [5.41, 5.74) is 9.12. The summed E-state index contributed by atoms with van der Waals surface area (Å²) in [6, 6.07) is 2.54. The fourth-order valence-electron chi connectivity index (χ4n) is 3.81. The molecule has 0 aromatic carbocycles. The Labute approximate surface area is 206 Å². The maximum Gasteiger partial charge on any atom is 0.472 e. The highest BCUT2D eigenvalue weighted by molar-refractivity contribution is 7.47. The van der Waals surface area contributed by atoms with Gasteiger partial charge in [-0.1, -0.05) is 0 Å². The van der Waals surface area contributed by atoms with Gasteiger partial charge in [0.05, 0.1) is 13.2 Å². The van der Waals surface area contributed by atoms with E-state index in [1.165, 1.54) is 24.5 Å². The molecule has 204 valence electrons. The molecule has 1 unspecified atom stereocenters. The van der Waals surface area contributed by atoms with E-state index < -0.39 is 81.5 Å². The van der Waals surface area contributed by atoms with Crippen LogP contribution in [0.5, 0.6) is 0 Å². The molecule has 2 saturated heterocycles. The second kappa shape index (κ2) is 10.5. The number of phosphoric acid groups is 1. The number of hydrogen-bond donors (Lipinski definition) is 7. The predicted molar refractivity (Wildman–Crippen MR) is 119 cm³/mol. The van der Waals surface area contributed by atoms with Crippen LogP contribution in [0.4, 0.5) is 11.6 Å². The molecule has 0 radical (unpaired) electrons. The number of rotatable bonds is 8. The highest BCUT2D eigenvalue weighted by atomic mass is 31.2. The fraction of sp³-hybridized carbons (Fsp3) is 0.556. The van der Waals surface area contributed by atoms with Gasteiger partial charge in [-0.15, -0.1) is 0 Å². The number of nitrogen functional groups attached to an aromatic ring is 2. The third kappa shape index (κ3) is 5.73. The largest absolute Gasteiger partial charge is 0.472 e. The van der Waals surface area contributed by atoms with E-state index in [2.05, 4.69) is 9.97 Å². The minimum absolute atomic E-state index is 0.0695. The number of ether oxygens (including phenoxy) is 2. The number of nitrogens with zero attached hydrogens (tertiary/aromatic N) is 4. The molecule has 2 aromatic rings. The summed E-state index contributed by atoms with van der Waals surface area (Å²) in [5.74, 6) is -0.139. The van der Waals surface area contributed by atoms with Crippen molar-refractivity contribution in [1.29, 1.82) is 0 Å². The number of aromatic nitrogens is 4. The molecular formula is C18H25N6O12P. The summed E-state index contributed by atoms with van der Waals surface area (Å²) in [6.07, 6.45) is -9.52. The molecule has 9 N–H and O–H groups in total. The van der Waals surface area contributed by atoms with Gasteiger partial charge in [0.25, 0.3) is 0 Å². The molecule has 2 fully saturated rings. The highest BCUT2D eigenvalue weighted by Gasteiger charge is 2.47. The molecule has 2 aliphatic rings. The van der Waals surface area contributed by atoms with Crippen LogP contribution in [0.1, 0.15) is 12.5 Å². The van der Waals surface area contributed by atoms with Crippen molar-refractivity contribution < 1.29 is 48.4 Å². The number of hydrogen-bond acceptors (Lipinski definition) is 15. The molecule has 0 saturated carbocycles. The third-order valence-electron chi connectivity index (χ3n) is 5.73. The van der Waals surface area contributed by atoms with Crippen LogP contribution in [0, 0.1) is 0 Å². The van der Waals surface area contributed by atoms with Crippen LogP contribution in [0.15, 0.2) is 34.1 Å². The Morgan fingerprint density at radius 1 is 0.811 bits per heavy atom. The van der Waals surface area contributed by atoms with E-state index >= 15 is 0 Å². The van der Waals surface area contributed by atoms with Crippen molar-refractivity contribution in [3.63, 3.8) is 0 Å². The molecule has 18 nitrogen and oxygen atoms in total. The smallest absolute Gasteiger partial charge is 0.387 e. The van der Waals surface area contributed by atoms with Crippen LogP contribution in [0.3, 0.4) is 0 Å². The lowest BCUT2D eigenvalue weighted by atomic mass is 10.1. The highest BCUT2D eigenvalue weighted by Crippen LogP contribution is 2.45. The van der Waals surface area contributed by atoms with Gasteiger partial charge in [-0.3, -0.25) is 18.2 Å². The Morgan fingerprint density at radius 2 is 1.19 bits per heavy atom. The van der Waals surface area contributed by atoms with E-state index in [1.54, 1.807) is 0 Å². The Morgan fingerprint density at radius 3 is 1.54 bits per heavy atom. The van der Waals surface area contributed by atoms with Crippen LogP contribution in [-0.4, -0.2) is 94.3 Å². The van der Waals surface area contributed by atoms with Crippen molar-refractivity contribution in [3.8, 4) is 0 Å². The third-order valence-corrected chi connectivity index (χ3v) is 6.68. The van der Waals surface area contributed by atoms with Crippen molar-refractivity contribution >= 4 is 19.5 Å². The van der Waals surface area contributed by atoms with Gasteiger partial charge < -0.3 is 46.3 Å². The fourth-order valence-corrected chi connectivity index (χ4v) is 4.55. The quantitative estimate of drug-likeness (QED) is 0.155. The van der Waals surface area contributed by atoms with Crippen LogP contribution in [-0.2, 0) is 23.1 Å². The normalized spacial score (nSPS) is 32.1. The molecule has 4 heterocycles. The van der Waals surface area contributed by atoms with Gasteiger partial charge in [-0.25, -0.2) is 14.2 Å². The van der Waals surface area contributed by atoms with E-state index in [9.17, 15) is 39.5 Å². The lowest BCUT2D eigenvalue weighted by Crippen LogP contribution is -2.36. The molecule has 0 bridgehead atoms. The summed E-state index contributed by atoms with van der Waals surface area (Å²) in [4.78, 5) is 41.0.